The summed E-state index contributed by atoms with van der Waals surface area (Å²) in [5.41, 5.74) is 3.93. The summed E-state index contributed by atoms with van der Waals surface area (Å²) >= 11 is 0. The van der Waals surface area contributed by atoms with Gasteiger partial charge in [0.15, 0.2) is 5.82 Å². The van der Waals surface area contributed by atoms with Crippen LogP contribution in [0.2, 0.25) is 0 Å². The second-order valence-corrected chi connectivity index (χ2v) is 8.75. The number of nitrogens with zero attached hydrogens (tertiary/aromatic N) is 3. The maximum Gasteiger partial charge on any atom is 0.295 e. The highest BCUT2D eigenvalue weighted by Gasteiger charge is 2.39. The van der Waals surface area contributed by atoms with Crippen molar-refractivity contribution >= 4 is 22.8 Å². The summed E-state index contributed by atoms with van der Waals surface area (Å²) in [6.45, 7) is 5.11. The van der Waals surface area contributed by atoms with Crippen molar-refractivity contribution in [2.24, 2.45) is 5.92 Å². The molecule has 10 heteroatoms. The first-order chi connectivity index (χ1) is 16.3. The van der Waals surface area contributed by atoms with Crippen LogP contribution >= 0.6 is 0 Å². The standard InChI is InChI=1S/C24H27F2N5O3/c1-14(2)30-12-17(24(33)29-34)19(13-30)28-23(32)16-9-7-15(8-10-16)11-31-20-6-4-3-5-18(20)27-22(31)21(25)26/h3-10,14,17,19,21,34H,11-13H2,1-2H3,(H,28,32)(H,29,33)/t17-,19+/m0/s1. The van der Waals surface area contributed by atoms with E-state index in [1.54, 1.807) is 54.0 Å². The number of hydrogen-bond donors (Lipinski definition) is 3. The number of nitrogens with one attached hydrogen (secondary N) is 2. The summed E-state index contributed by atoms with van der Waals surface area (Å²) in [6.07, 6.45) is -2.71. The van der Waals surface area contributed by atoms with Gasteiger partial charge in [-0.2, -0.15) is 0 Å². The SMILES string of the molecule is CC(C)N1C[C@H](C(=O)NO)[C@H](NC(=O)c2ccc(Cn3c(C(F)F)nc4ccccc43)cc2)C1. The number of benzene rings is 2. The van der Waals surface area contributed by atoms with E-state index in [-0.39, 0.29) is 24.3 Å². The lowest BCUT2D eigenvalue weighted by Gasteiger charge is -2.20. The van der Waals surface area contributed by atoms with Crippen molar-refractivity contribution in [3.8, 4) is 0 Å². The summed E-state index contributed by atoms with van der Waals surface area (Å²) in [4.78, 5) is 31.0. The molecule has 1 aromatic heterocycles. The fourth-order valence-electron chi connectivity index (χ4n) is 4.37. The molecule has 34 heavy (non-hydrogen) atoms. The number of hydrogen-bond acceptors (Lipinski definition) is 5. The van der Waals surface area contributed by atoms with Crippen LogP contribution in [0.1, 0.15) is 42.0 Å². The van der Waals surface area contributed by atoms with Crippen LogP contribution in [0.15, 0.2) is 48.5 Å². The van der Waals surface area contributed by atoms with E-state index in [1.807, 2.05) is 13.8 Å². The Labute approximate surface area is 195 Å². The fourth-order valence-corrected chi connectivity index (χ4v) is 4.37. The van der Waals surface area contributed by atoms with Crippen LogP contribution in [-0.2, 0) is 11.3 Å². The molecular weight excluding hydrogens is 444 g/mol. The Morgan fingerprint density at radius 2 is 1.82 bits per heavy atom. The zero-order chi connectivity index (χ0) is 24.4. The molecule has 1 aliphatic heterocycles. The van der Waals surface area contributed by atoms with Crippen LogP contribution in [0.5, 0.6) is 0 Å². The summed E-state index contributed by atoms with van der Waals surface area (Å²) in [6, 6.07) is 13.4. The van der Waals surface area contributed by atoms with Crippen molar-refractivity contribution in [3.63, 3.8) is 0 Å². The Bertz CT molecular complexity index is 1180. The van der Waals surface area contributed by atoms with Gasteiger partial charge in [0, 0.05) is 31.2 Å². The highest BCUT2D eigenvalue weighted by Crippen LogP contribution is 2.25. The van der Waals surface area contributed by atoms with Crippen LogP contribution in [0.25, 0.3) is 11.0 Å². The van der Waals surface area contributed by atoms with Gasteiger partial charge < -0.3 is 9.88 Å². The maximum atomic E-state index is 13.5. The van der Waals surface area contributed by atoms with E-state index in [4.69, 9.17) is 5.21 Å². The molecular formula is C24H27F2N5O3. The minimum atomic E-state index is -2.71. The zero-order valence-corrected chi connectivity index (χ0v) is 18.9. The van der Waals surface area contributed by atoms with Gasteiger partial charge in [0.2, 0.25) is 5.91 Å². The van der Waals surface area contributed by atoms with Crippen molar-refractivity contribution in [1.29, 1.82) is 0 Å². The second-order valence-electron chi connectivity index (χ2n) is 8.75. The first kappa shape index (κ1) is 23.8. The number of rotatable bonds is 7. The normalized spacial score (nSPS) is 18.7. The Morgan fingerprint density at radius 1 is 1.12 bits per heavy atom. The first-order valence-electron chi connectivity index (χ1n) is 11.1. The van der Waals surface area contributed by atoms with Gasteiger partial charge in [-0.15, -0.1) is 0 Å². The number of carbonyl (C=O) groups is 2. The van der Waals surface area contributed by atoms with Crippen LogP contribution < -0.4 is 10.8 Å². The van der Waals surface area contributed by atoms with Gasteiger partial charge >= 0.3 is 0 Å². The number of halogens is 2. The van der Waals surface area contributed by atoms with Gasteiger partial charge in [0.1, 0.15) is 0 Å². The Balaban J connectivity index is 1.49. The van der Waals surface area contributed by atoms with Gasteiger partial charge in [0.25, 0.3) is 12.3 Å². The summed E-state index contributed by atoms with van der Waals surface area (Å²) in [5.74, 6) is -1.75. The van der Waals surface area contributed by atoms with E-state index >= 15 is 0 Å². The number of carbonyl (C=O) groups excluding carboxylic acids is 2. The molecule has 3 aromatic rings. The highest BCUT2D eigenvalue weighted by atomic mass is 19.3. The third kappa shape index (κ3) is 4.78. The van der Waals surface area contributed by atoms with Crippen molar-refractivity contribution in [3.05, 3.63) is 65.5 Å². The molecule has 8 nitrogen and oxygen atoms in total. The average molecular weight is 472 g/mol. The van der Waals surface area contributed by atoms with Gasteiger partial charge in [-0.05, 0) is 43.7 Å². The van der Waals surface area contributed by atoms with Crippen molar-refractivity contribution < 1.29 is 23.6 Å². The van der Waals surface area contributed by atoms with Crippen LogP contribution in [-0.4, -0.2) is 56.6 Å². The largest absolute Gasteiger partial charge is 0.347 e. The third-order valence-corrected chi connectivity index (χ3v) is 6.28. The number of para-hydroxylation sites is 2. The number of alkyl halides is 2. The second kappa shape index (κ2) is 9.86. The molecule has 2 aromatic carbocycles. The molecule has 2 heterocycles. The van der Waals surface area contributed by atoms with Crippen LogP contribution in [0.3, 0.4) is 0 Å². The molecule has 0 aliphatic carbocycles. The molecule has 1 saturated heterocycles. The van der Waals surface area contributed by atoms with E-state index in [1.165, 1.54) is 4.57 Å². The van der Waals surface area contributed by atoms with E-state index in [0.29, 0.717) is 29.7 Å². The average Bonchev–Trinajstić information content (AvgIpc) is 3.41. The van der Waals surface area contributed by atoms with Crippen molar-refractivity contribution in [2.45, 2.75) is 38.9 Å². The molecule has 2 amide bonds. The zero-order valence-electron chi connectivity index (χ0n) is 18.9. The highest BCUT2D eigenvalue weighted by molar-refractivity contribution is 5.95. The van der Waals surface area contributed by atoms with E-state index in [9.17, 15) is 18.4 Å². The maximum absolute atomic E-state index is 13.5. The predicted octanol–water partition coefficient (Wildman–Crippen LogP) is 2.97. The summed E-state index contributed by atoms with van der Waals surface area (Å²) < 4.78 is 28.6. The molecule has 0 saturated carbocycles. The first-order valence-corrected chi connectivity index (χ1v) is 11.1. The topological polar surface area (TPSA) is 99.5 Å². The monoisotopic (exact) mass is 471 g/mol. The number of hydroxylamine groups is 1. The molecule has 0 radical (unpaired) electrons. The molecule has 1 aliphatic rings. The third-order valence-electron chi connectivity index (χ3n) is 6.28. The lowest BCUT2D eigenvalue weighted by atomic mass is 10.0. The van der Waals surface area contributed by atoms with Crippen LogP contribution in [0, 0.1) is 5.92 Å². The molecule has 1 fully saturated rings. The minimum Gasteiger partial charge on any atom is -0.347 e. The molecule has 180 valence electrons. The Morgan fingerprint density at radius 3 is 2.47 bits per heavy atom. The smallest absolute Gasteiger partial charge is 0.295 e. The van der Waals surface area contributed by atoms with Gasteiger partial charge in [-0.25, -0.2) is 19.2 Å². The van der Waals surface area contributed by atoms with Crippen molar-refractivity contribution in [1.82, 2.24) is 25.2 Å². The van der Waals surface area contributed by atoms with E-state index in [0.717, 1.165) is 5.56 Å². The molecule has 4 rings (SSSR count). The van der Waals surface area contributed by atoms with Crippen LogP contribution in [0.4, 0.5) is 8.78 Å². The molecule has 0 bridgehead atoms. The van der Waals surface area contributed by atoms with Gasteiger partial charge in [-0.3, -0.25) is 19.7 Å². The van der Waals surface area contributed by atoms with Gasteiger partial charge in [-0.1, -0.05) is 24.3 Å². The lowest BCUT2D eigenvalue weighted by Crippen LogP contribution is -2.45. The number of fused-ring (bicyclic) bond motifs is 1. The van der Waals surface area contributed by atoms with E-state index < -0.39 is 24.3 Å². The number of imidazole rings is 1. The Hall–Kier alpha value is -3.37. The quantitative estimate of drug-likeness (QED) is 0.364. The number of amides is 2. The van der Waals surface area contributed by atoms with Gasteiger partial charge in [0.05, 0.1) is 23.0 Å². The summed E-state index contributed by atoms with van der Waals surface area (Å²) in [5, 5.41) is 12.0. The minimum absolute atomic E-state index is 0.187. The Kier molecular flexibility index (Phi) is 6.90. The molecule has 3 N–H and O–H groups in total. The summed E-state index contributed by atoms with van der Waals surface area (Å²) in [7, 11) is 0. The number of likely N-dealkylation sites (tertiary alicyclic amines) is 1. The predicted molar refractivity (Wildman–Crippen MR) is 122 cm³/mol. The molecule has 2 atom stereocenters. The molecule has 0 unspecified atom stereocenters. The van der Waals surface area contributed by atoms with E-state index in [2.05, 4.69) is 15.2 Å². The number of aromatic nitrogens is 2. The lowest BCUT2D eigenvalue weighted by molar-refractivity contribution is -0.133. The molecule has 0 spiro atoms. The van der Waals surface area contributed by atoms with Crippen molar-refractivity contribution in [2.75, 3.05) is 13.1 Å². The fraction of sp³-hybridized carbons (Fsp3) is 0.375.